The van der Waals surface area contributed by atoms with E-state index in [9.17, 15) is 0 Å². The Labute approximate surface area is 68.0 Å². The molecule has 0 bridgehead atoms. The molecule has 0 fully saturated rings. The molecule has 0 atom stereocenters. The third kappa shape index (κ3) is 52.7. The molecular formula is CH4Cl3OV-3. The molecule has 1 radical (unpaired) electrons. The second-order valence-corrected chi connectivity index (χ2v) is 0. The summed E-state index contributed by atoms with van der Waals surface area (Å²) in [5, 5.41) is 7.00. The molecule has 1 nitrogen and oxygen atoms in total. The summed E-state index contributed by atoms with van der Waals surface area (Å²) in [6.07, 6.45) is 0. The average Bonchev–Trinajstić information content (AvgIpc) is 1.00. The fourth-order valence-corrected chi connectivity index (χ4v) is 0. The molecular weight excluding hydrogens is 185 g/mol. The zero-order valence-corrected chi connectivity index (χ0v) is 6.69. The predicted octanol–water partition coefficient (Wildman–Crippen LogP) is -9.38. The van der Waals surface area contributed by atoms with Crippen LogP contribution in [0, 0.1) is 0 Å². The van der Waals surface area contributed by atoms with E-state index in [1.54, 1.807) is 0 Å². The molecule has 0 saturated carbocycles. The van der Waals surface area contributed by atoms with Gasteiger partial charge < -0.3 is 42.3 Å². The van der Waals surface area contributed by atoms with E-state index < -0.39 is 0 Å². The van der Waals surface area contributed by atoms with Crippen LogP contribution in [0.2, 0.25) is 0 Å². The summed E-state index contributed by atoms with van der Waals surface area (Å²) in [7, 11) is 1.00. The summed E-state index contributed by atoms with van der Waals surface area (Å²) >= 11 is 0. The minimum absolute atomic E-state index is 0. The Morgan fingerprint density at radius 2 is 0.833 bits per heavy atom. The number of halogens is 3. The zero-order chi connectivity index (χ0) is 2.00. The van der Waals surface area contributed by atoms with Gasteiger partial charge in [-0.1, -0.05) is 0 Å². The first kappa shape index (κ1) is 52.3. The maximum absolute atomic E-state index is 7.00. The van der Waals surface area contributed by atoms with Crippen LogP contribution in [0.1, 0.15) is 0 Å². The van der Waals surface area contributed by atoms with E-state index in [4.69, 9.17) is 5.11 Å². The maximum Gasteiger partial charge on any atom is 0.0319 e. The minimum atomic E-state index is 0. The molecule has 0 aliphatic carbocycles. The van der Waals surface area contributed by atoms with Crippen molar-refractivity contribution >= 4 is 0 Å². The van der Waals surface area contributed by atoms with Gasteiger partial charge in [-0.05, 0) is 0 Å². The summed E-state index contributed by atoms with van der Waals surface area (Å²) < 4.78 is 0. The third-order valence-corrected chi connectivity index (χ3v) is 0. The summed E-state index contributed by atoms with van der Waals surface area (Å²) in [5.74, 6) is 0. The number of hydrogen-bond acceptors (Lipinski definition) is 1. The molecule has 0 heterocycles. The van der Waals surface area contributed by atoms with Crippen molar-refractivity contribution in [3.8, 4) is 0 Å². The van der Waals surface area contributed by atoms with Crippen LogP contribution in [-0.2, 0) is 18.6 Å². The Hall–Kier alpha value is 1.41. The first-order valence-electron chi connectivity index (χ1n) is 0.447. The van der Waals surface area contributed by atoms with Gasteiger partial charge in [0.25, 0.3) is 0 Å². The Morgan fingerprint density at radius 1 is 0.833 bits per heavy atom. The Balaban J connectivity index is -0.000000000833. The quantitative estimate of drug-likeness (QED) is 0.401. The molecule has 1 N–H and O–H groups in total. The van der Waals surface area contributed by atoms with Crippen molar-refractivity contribution in [3.05, 3.63) is 0 Å². The first-order valence-corrected chi connectivity index (χ1v) is 0.447. The molecule has 0 aromatic rings. The van der Waals surface area contributed by atoms with Crippen LogP contribution < -0.4 is 37.2 Å². The van der Waals surface area contributed by atoms with Crippen molar-refractivity contribution in [2.45, 2.75) is 0 Å². The first-order chi connectivity index (χ1) is 1.00. The molecule has 0 saturated heterocycles. The van der Waals surface area contributed by atoms with Gasteiger partial charge in [0.1, 0.15) is 0 Å². The van der Waals surface area contributed by atoms with Gasteiger partial charge in [-0.15, -0.1) is 0 Å². The molecule has 0 spiro atoms. The SMILES string of the molecule is CO.[Cl-].[Cl-].[Cl-].[V]. The van der Waals surface area contributed by atoms with Gasteiger partial charge >= 0.3 is 0 Å². The molecule has 0 rings (SSSR count). The van der Waals surface area contributed by atoms with Crippen molar-refractivity contribution in [1.29, 1.82) is 0 Å². The monoisotopic (exact) mass is 188 g/mol. The summed E-state index contributed by atoms with van der Waals surface area (Å²) in [6, 6.07) is 0. The summed E-state index contributed by atoms with van der Waals surface area (Å²) in [5.41, 5.74) is 0. The average molecular weight is 189 g/mol. The standard InChI is InChI=1S/CH4O.3ClH.V/c1-2;;;;/h2H,1H3;3*1H;/p-3. The van der Waals surface area contributed by atoms with E-state index >= 15 is 0 Å². The number of hydrogen-bond donors (Lipinski definition) is 1. The number of aliphatic hydroxyl groups is 1. The van der Waals surface area contributed by atoms with E-state index in [1.807, 2.05) is 0 Å². The molecule has 43 valence electrons. The number of aliphatic hydroxyl groups excluding tert-OH is 1. The molecule has 0 aromatic heterocycles. The Morgan fingerprint density at radius 3 is 0.833 bits per heavy atom. The van der Waals surface area contributed by atoms with Crippen molar-refractivity contribution in [2.75, 3.05) is 7.11 Å². The molecule has 0 unspecified atom stereocenters. The Kier molecular flexibility index (Phi) is 820. The van der Waals surface area contributed by atoms with Crippen LogP contribution in [0.4, 0.5) is 0 Å². The van der Waals surface area contributed by atoms with Crippen molar-refractivity contribution < 1.29 is 60.9 Å². The van der Waals surface area contributed by atoms with Crippen molar-refractivity contribution in [1.82, 2.24) is 0 Å². The van der Waals surface area contributed by atoms with Gasteiger partial charge in [0.05, 0.1) is 0 Å². The van der Waals surface area contributed by atoms with Gasteiger partial charge in [-0.25, -0.2) is 0 Å². The number of rotatable bonds is 0. The van der Waals surface area contributed by atoms with E-state index in [1.165, 1.54) is 0 Å². The molecule has 0 aliphatic heterocycles. The third-order valence-electron chi connectivity index (χ3n) is 0. The second-order valence-electron chi connectivity index (χ2n) is 0. The molecule has 6 heavy (non-hydrogen) atoms. The van der Waals surface area contributed by atoms with Crippen molar-refractivity contribution in [3.63, 3.8) is 0 Å². The van der Waals surface area contributed by atoms with Gasteiger partial charge in [0, 0.05) is 25.7 Å². The fourth-order valence-electron chi connectivity index (χ4n) is 0. The van der Waals surface area contributed by atoms with Gasteiger partial charge in [-0.2, -0.15) is 0 Å². The fraction of sp³-hybridized carbons (Fsp3) is 1.00. The predicted molar refractivity (Wildman–Crippen MR) is 8.14 cm³/mol. The summed E-state index contributed by atoms with van der Waals surface area (Å²) in [4.78, 5) is 0. The molecule has 0 aromatic carbocycles. The summed E-state index contributed by atoms with van der Waals surface area (Å²) in [6.45, 7) is 0. The molecule has 0 aliphatic rings. The van der Waals surface area contributed by atoms with Gasteiger partial charge in [-0.3, -0.25) is 0 Å². The Bertz CT molecular complexity index is 10.8. The van der Waals surface area contributed by atoms with Crippen LogP contribution in [0.25, 0.3) is 0 Å². The minimum Gasteiger partial charge on any atom is -1.00 e. The van der Waals surface area contributed by atoms with Crippen molar-refractivity contribution in [2.24, 2.45) is 0 Å². The van der Waals surface area contributed by atoms with Crippen LogP contribution >= 0.6 is 0 Å². The van der Waals surface area contributed by atoms with E-state index in [-0.39, 0.29) is 55.8 Å². The molecule has 5 heteroatoms. The van der Waals surface area contributed by atoms with E-state index in [0.717, 1.165) is 7.11 Å². The second kappa shape index (κ2) is 94.0. The van der Waals surface area contributed by atoms with Crippen LogP contribution in [0.5, 0.6) is 0 Å². The van der Waals surface area contributed by atoms with E-state index in [2.05, 4.69) is 0 Å². The van der Waals surface area contributed by atoms with Crippen LogP contribution in [-0.4, -0.2) is 12.2 Å². The smallest absolute Gasteiger partial charge is 0.0319 e. The normalized spacial score (nSPS) is 1.00. The largest absolute Gasteiger partial charge is 1.00 e. The zero-order valence-electron chi connectivity index (χ0n) is 3.03. The maximum atomic E-state index is 7.00. The van der Waals surface area contributed by atoms with Crippen LogP contribution in [0.3, 0.4) is 0 Å². The molecule has 0 amide bonds. The van der Waals surface area contributed by atoms with Gasteiger partial charge in [0.15, 0.2) is 0 Å². The van der Waals surface area contributed by atoms with E-state index in [0.29, 0.717) is 0 Å². The topological polar surface area (TPSA) is 20.2 Å². The van der Waals surface area contributed by atoms with Crippen LogP contribution in [0.15, 0.2) is 0 Å². The van der Waals surface area contributed by atoms with Gasteiger partial charge in [0.2, 0.25) is 0 Å².